The summed E-state index contributed by atoms with van der Waals surface area (Å²) in [5.74, 6) is 1.39. The summed E-state index contributed by atoms with van der Waals surface area (Å²) in [5.41, 5.74) is 2.26. The zero-order valence-corrected chi connectivity index (χ0v) is 19.8. The fourth-order valence-corrected chi connectivity index (χ4v) is 4.85. The SMILES string of the molecule is COc1ccc(OCCCn2cc(/C=C3/C(=N)N4C=C(C)SC4=NC3=O)c3ccccc32)cc1. The Kier molecular flexibility index (Phi) is 5.98. The lowest BCUT2D eigenvalue weighted by Gasteiger charge is -2.22. The van der Waals surface area contributed by atoms with E-state index in [-0.39, 0.29) is 11.7 Å². The Labute approximate surface area is 201 Å². The van der Waals surface area contributed by atoms with Crippen LogP contribution in [0.15, 0.2) is 76.4 Å². The van der Waals surface area contributed by atoms with Crippen molar-refractivity contribution in [1.82, 2.24) is 9.47 Å². The molecular formula is C26H24N4O3S. The number of ether oxygens (including phenoxy) is 2. The molecule has 0 spiro atoms. The molecule has 1 amide bonds. The van der Waals surface area contributed by atoms with Gasteiger partial charge in [0.05, 0.1) is 19.3 Å². The Morgan fingerprint density at radius 3 is 2.68 bits per heavy atom. The van der Waals surface area contributed by atoms with Gasteiger partial charge in [0.15, 0.2) is 5.17 Å². The first-order valence-corrected chi connectivity index (χ1v) is 11.8. The largest absolute Gasteiger partial charge is 0.497 e. The number of rotatable bonds is 7. The highest BCUT2D eigenvalue weighted by atomic mass is 32.2. The van der Waals surface area contributed by atoms with E-state index in [0.29, 0.717) is 17.3 Å². The second-order valence-electron chi connectivity index (χ2n) is 7.99. The number of hydrogen-bond donors (Lipinski definition) is 1. The molecule has 2 aliphatic heterocycles. The molecule has 0 saturated heterocycles. The van der Waals surface area contributed by atoms with Crippen LogP contribution in [0.2, 0.25) is 0 Å². The van der Waals surface area contributed by atoms with Crippen LogP contribution in [-0.4, -0.2) is 40.1 Å². The van der Waals surface area contributed by atoms with Gasteiger partial charge in [0.25, 0.3) is 5.91 Å². The number of aliphatic imine (C=N–C) groups is 1. The number of fused-ring (bicyclic) bond motifs is 2. The van der Waals surface area contributed by atoms with Crippen LogP contribution in [0.3, 0.4) is 0 Å². The fourth-order valence-electron chi connectivity index (χ4n) is 4.03. The average molecular weight is 473 g/mol. The smallest absolute Gasteiger partial charge is 0.283 e. The number of benzene rings is 2. The monoisotopic (exact) mass is 472 g/mol. The molecule has 1 aromatic heterocycles. The van der Waals surface area contributed by atoms with Gasteiger partial charge in [-0.2, -0.15) is 4.99 Å². The maximum absolute atomic E-state index is 12.7. The number of carbonyl (C=O) groups is 1. The maximum atomic E-state index is 12.7. The van der Waals surface area contributed by atoms with Crippen molar-refractivity contribution >= 4 is 45.7 Å². The van der Waals surface area contributed by atoms with Crippen LogP contribution < -0.4 is 9.47 Å². The molecule has 34 heavy (non-hydrogen) atoms. The van der Waals surface area contributed by atoms with E-state index in [1.165, 1.54) is 11.8 Å². The van der Waals surface area contributed by atoms with Gasteiger partial charge in [-0.3, -0.25) is 15.1 Å². The molecule has 0 saturated carbocycles. The molecular weight excluding hydrogens is 448 g/mol. The normalized spacial score (nSPS) is 16.6. The Morgan fingerprint density at radius 2 is 1.88 bits per heavy atom. The van der Waals surface area contributed by atoms with E-state index >= 15 is 0 Å². The highest BCUT2D eigenvalue weighted by Gasteiger charge is 2.33. The lowest BCUT2D eigenvalue weighted by atomic mass is 10.1. The minimum atomic E-state index is -0.378. The van der Waals surface area contributed by atoms with Crippen molar-refractivity contribution in [2.75, 3.05) is 13.7 Å². The van der Waals surface area contributed by atoms with Crippen molar-refractivity contribution < 1.29 is 14.3 Å². The number of hydrogen-bond acceptors (Lipinski definition) is 5. The van der Waals surface area contributed by atoms with Gasteiger partial charge in [-0.25, -0.2) is 0 Å². The number of methoxy groups -OCH3 is 1. The van der Waals surface area contributed by atoms with E-state index in [1.54, 1.807) is 18.1 Å². The molecule has 1 N–H and O–H groups in total. The first-order chi connectivity index (χ1) is 16.5. The first kappa shape index (κ1) is 22.0. The van der Waals surface area contributed by atoms with Gasteiger partial charge in [0, 0.05) is 40.3 Å². The minimum absolute atomic E-state index is 0.157. The predicted molar refractivity (Wildman–Crippen MR) is 136 cm³/mol. The van der Waals surface area contributed by atoms with Crippen molar-refractivity contribution in [3.8, 4) is 11.5 Å². The third kappa shape index (κ3) is 4.24. The van der Waals surface area contributed by atoms with Crippen molar-refractivity contribution in [1.29, 1.82) is 5.41 Å². The molecule has 3 aromatic rings. The highest BCUT2D eigenvalue weighted by molar-refractivity contribution is 8.17. The molecule has 0 fully saturated rings. The van der Waals surface area contributed by atoms with E-state index in [2.05, 4.69) is 15.6 Å². The summed E-state index contributed by atoms with van der Waals surface area (Å²) in [5, 5.41) is 10.1. The lowest BCUT2D eigenvalue weighted by molar-refractivity contribution is -0.114. The molecule has 0 radical (unpaired) electrons. The van der Waals surface area contributed by atoms with E-state index in [4.69, 9.17) is 14.9 Å². The molecule has 5 rings (SSSR count). The number of carbonyl (C=O) groups excluding carboxylic acids is 1. The molecule has 7 nitrogen and oxygen atoms in total. The summed E-state index contributed by atoms with van der Waals surface area (Å²) in [7, 11) is 1.64. The molecule has 3 heterocycles. The minimum Gasteiger partial charge on any atom is -0.497 e. The van der Waals surface area contributed by atoms with Gasteiger partial charge in [-0.15, -0.1) is 0 Å². The van der Waals surface area contributed by atoms with Gasteiger partial charge < -0.3 is 14.0 Å². The van der Waals surface area contributed by atoms with E-state index < -0.39 is 0 Å². The Bertz CT molecular complexity index is 1370. The summed E-state index contributed by atoms with van der Waals surface area (Å²) in [6.07, 6.45) is 6.48. The van der Waals surface area contributed by atoms with Crippen molar-refractivity contribution in [3.63, 3.8) is 0 Å². The van der Waals surface area contributed by atoms with Crippen LogP contribution in [0.5, 0.6) is 11.5 Å². The summed E-state index contributed by atoms with van der Waals surface area (Å²) >= 11 is 1.41. The number of aromatic nitrogens is 1. The fraction of sp³-hybridized carbons (Fsp3) is 0.192. The van der Waals surface area contributed by atoms with Crippen LogP contribution >= 0.6 is 11.8 Å². The van der Waals surface area contributed by atoms with Crippen LogP contribution in [0.1, 0.15) is 18.9 Å². The number of para-hydroxylation sites is 1. The second-order valence-corrected chi connectivity index (χ2v) is 9.20. The summed E-state index contributed by atoms with van der Waals surface area (Å²) < 4.78 is 13.2. The maximum Gasteiger partial charge on any atom is 0.283 e. The first-order valence-electron chi connectivity index (χ1n) is 11.0. The standard InChI is InChI=1S/C26H24N4O3S/c1-17-15-30-24(27)22(25(31)28-26(30)34-17)14-18-16-29(23-7-4-3-6-21(18)23)12-5-13-33-20-10-8-19(32-2)9-11-20/h3-4,6-11,14-16,27H,5,12-13H2,1-2H3/b22-14-,27-24?. The van der Waals surface area contributed by atoms with E-state index in [0.717, 1.165) is 45.8 Å². The number of aryl methyl sites for hydroxylation is 1. The zero-order chi connectivity index (χ0) is 23.7. The third-order valence-corrected chi connectivity index (χ3v) is 6.58. The lowest BCUT2D eigenvalue weighted by Crippen LogP contribution is -2.35. The summed E-state index contributed by atoms with van der Waals surface area (Å²) in [4.78, 5) is 19.6. The highest BCUT2D eigenvalue weighted by Crippen LogP contribution is 2.33. The van der Waals surface area contributed by atoms with Crippen LogP contribution in [0.25, 0.3) is 17.0 Å². The van der Waals surface area contributed by atoms with Gasteiger partial charge in [-0.05, 0) is 49.8 Å². The molecule has 8 heteroatoms. The molecule has 0 atom stereocenters. The van der Waals surface area contributed by atoms with Crippen LogP contribution in [-0.2, 0) is 11.3 Å². The summed E-state index contributed by atoms with van der Waals surface area (Å²) in [6.45, 7) is 3.28. The second kappa shape index (κ2) is 9.23. The van der Waals surface area contributed by atoms with Crippen molar-refractivity contribution in [2.24, 2.45) is 4.99 Å². The van der Waals surface area contributed by atoms with Crippen LogP contribution in [0, 0.1) is 5.41 Å². The molecule has 2 aliphatic rings. The van der Waals surface area contributed by atoms with Gasteiger partial charge in [-0.1, -0.05) is 30.0 Å². The molecule has 2 aromatic carbocycles. The number of amides is 1. The molecule has 172 valence electrons. The zero-order valence-electron chi connectivity index (χ0n) is 18.9. The Morgan fingerprint density at radius 1 is 1.12 bits per heavy atom. The topological polar surface area (TPSA) is 79.9 Å². The number of nitrogens with zero attached hydrogens (tertiary/aromatic N) is 3. The Hall–Kier alpha value is -3.78. The number of amidine groups is 2. The Balaban J connectivity index is 1.34. The van der Waals surface area contributed by atoms with Gasteiger partial charge >= 0.3 is 0 Å². The predicted octanol–water partition coefficient (Wildman–Crippen LogP) is 5.29. The van der Waals surface area contributed by atoms with Gasteiger partial charge in [0.2, 0.25) is 0 Å². The molecule has 0 unspecified atom stereocenters. The van der Waals surface area contributed by atoms with Crippen LogP contribution in [0.4, 0.5) is 0 Å². The number of nitrogens with one attached hydrogen (secondary N) is 1. The number of thioether (sulfide) groups is 1. The van der Waals surface area contributed by atoms with Crippen molar-refractivity contribution in [3.05, 3.63) is 77.0 Å². The summed E-state index contributed by atoms with van der Waals surface area (Å²) in [6, 6.07) is 15.6. The average Bonchev–Trinajstić information content (AvgIpc) is 3.39. The van der Waals surface area contributed by atoms with Gasteiger partial charge in [0.1, 0.15) is 17.3 Å². The van der Waals surface area contributed by atoms with E-state index in [9.17, 15) is 4.79 Å². The molecule has 0 aliphatic carbocycles. The van der Waals surface area contributed by atoms with Crippen molar-refractivity contribution in [2.45, 2.75) is 19.9 Å². The quantitative estimate of drug-likeness (QED) is 0.374. The molecule has 0 bridgehead atoms. The van der Waals surface area contributed by atoms with E-state index in [1.807, 2.05) is 61.8 Å². The number of allylic oxidation sites excluding steroid dienone is 1. The third-order valence-electron chi connectivity index (χ3n) is 5.68.